The van der Waals surface area contributed by atoms with Crippen molar-refractivity contribution in [3.05, 3.63) is 0 Å². The Balaban J connectivity index is 1.74. The van der Waals surface area contributed by atoms with Gasteiger partial charge in [0.05, 0.1) is 19.1 Å². The SMILES string of the molecule is O=C(NCC(F)F)C1CCCN(CC2CCOC2)C1. The van der Waals surface area contributed by atoms with Gasteiger partial charge in [-0.3, -0.25) is 4.79 Å². The van der Waals surface area contributed by atoms with Gasteiger partial charge < -0.3 is 15.0 Å². The van der Waals surface area contributed by atoms with Crippen molar-refractivity contribution >= 4 is 5.91 Å². The molecule has 6 heteroatoms. The van der Waals surface area contributed by atoms with Gasteiger partial charge in [-0.05, 0) is 31.7 Å². The highest BCUT2D eigenvalue weighted by molar-refractivity contribution is 5.78. The molecule has 2 rings (SSSR count). The van der Waals surface area contributed by atoms with E-state index >= 15 is 0 Å². The molecule has 1 amide bonds. The molecule has 0 spiro atoms. The lowest BCUT2D eigenvalue weighted by atomic mass is 9.96. The molecule has 2 aliphatic rings. The smallest absolute Gasteiger partial charge is 0.255 e. The van der Waals surface area contributed by atoms with Crippen LogP contribution < -0.4 is 5.32 Å². The number of nitrogens with one attached hydrogen (secondary N) is 1. The quantitative estimate of drug-likeness (QED) is 0.818. The maximum atomic E-state index is 12.1. The van der Waals surface area contributed by atoms with Crippen molar-refractivity contribution in [2.45, 2.75) is 25.7 Å². The van der Waals surface area contributed by atoms with Crippen molar-refractivity contribution in [2.75, 3.05) is 39.4 Å². The van der Waals surface area contributed by atoms with E-state index in [4.69, 9.17) is 4.74 Å². The molecule has 2 aliphatic heterocycles. The number of halogens is 2. The molecule has 0 bridgehead atoms. The zero-order chi connectivity index (χ0) is 13.7. The van der Waals surface area contributed by atoms with Gasteiger partial charge in [-0.2, -0.15) is 0 Å². The van der Waals surface area contributed by atoms with Gasteiger partial charge in [0.15, 0.2) is 0 Å². The molecule has 0 aliphatic carbocycles. The first-order chi connectivity index (χ1) is 9.15. The molecule has 0 aromatic heterocycles. The third-order valence-electron chi connectivity index (χ3n) is 3.85. The number of carbonyl (C=O) groups is 1. The highest BCUT2D eigenvalue weighted by Gasteiger charge is 2.28. The third kappa shape index (κ3) is 4.69. The number of ether oxygens (including phenoxy) is 1. The average molecular weight is 276 g/mol. The summed E-state index contributed by atoms with van der Waals surface area (Å²) in [6, 6.07) is 0. The van der Waals surface area contributed by atoms with Crippen LogP contribution in [0.1, 0.15) is 19.3 Å². The molecule has 2 unspecified atom stereocenters. The summed E-state index contributed by atoms with van der Waals surface area (Å²) in [7, 11) is 0. The molecule has 2 atom stereocenters. The number of nitrogens with zero attached hydrogens (tertiary/aromatic N) is 1. The van der Waals surface area contributed by atoms with Crippen molar-refractivity contribution in [1.29, 1.82) is 0 Å². The van der Waals surface area contributed by atoms with Gasteiger partial charge in [-0.15, -0.1) is 0 Å². The normalized spacial score (nSPS) is 28.8. The molecule has 2 saturated heterocycles. The monoisotopic (exact) mass is 276 g/mol. The molecule has 0 aromatic rings. The summed E-state index contributed by atoms with van der Waals surface area (Å²) >= 11 is 0. The molecule has 1 N–H and O–H groups in total. The van der Waals surface area contributed by atoms with Crippen LogP contribution in [-0.2, 0) is 9.53 Å². The lowest BCUT2D eigenvalue weighted by Crippen LogP contribution is -2.45. The van der Waals surface area contributed by atoms with Gasteiger partial charge >= 0.3 is 0 Å². The van der Waals surface area contributed by atoms with Crippen molar-refractivity contribution in [3.8, 4) is 0 Å². The Labute approximate surface area is 112 Å². The van der Waals surface area contributed by atoms with Gasteiger partial charge in [0.2, 0.25) is 5.91 Å². The first kappa shape index (κ1) is 14.7. The largest absolute Gasteiger partial charge is 0.381 e. The Morgan fingerprint density at radius 3 is 2.95 bits per heavy atom. The van der Waals surface area contributed by atoms with E-state index in [0.717, 1.165) is 45.6 Å². The standard InChI is InChI=1S/C13H22F2N2O2/c14-12(15)6-16-13(18)11-2-1-4-17(8-11)7-10-3-5-19-9-10/h10-12H,1-9H2,(H,16,18). The van der Waals surface area contributed by atoms with Crippen molar-refractivity contribution in [2.24, 2.45) is 11.8 Å². The molecular formula is C13H22F2N2O2. The van der Waals surface area contributed by atoms with E-state index in [0.29, 0.717) is 12.5 Å². The van der Waals surface area contributed by atoms with Crippen LogP contribution in [0.3, 0.4) is 0 Å². The topological polar surface area (TPSA) is 41.6 Å². The molecule has 2 heterocycles. The number of alkyl halides is 2. The Morgan fingerprint density at radius 2 is 2.26 bits per heavy atom. The second-order valence-corrected chi connectivity index (χ2v) is 5.46. The van der Waals surface area contributed by atoms with Crippen molar-refractivity contribution in [3.63, 3.8) is 0 Å². The third-order valence-corrected chi connectivity index (χ3v) is 3.85. The summed E-state index contributed by atoms with van der Waals surface area (Å²) < 4.78 is 29.5. The molecule has 19 heavy (non-hydrogen) atoms. The van der Waals surface area contributed by atoms with Gasteiger partial charge in [-0.25, -0.2) is 8.78 Å². The minimum Gasteiger partial charge on any atom is -0.381 e. The molecule has 0 aromatic carbocycles. The molecule has 110 valence electrons. The van der Waals surface area contributed by atoms with Crippen LogP contribution in [0, 0.1) is 11.8 Å². The first-order valence-corrected chi connectivity index (χ1v) is 7.01. The summed E-state index contributed by atoms with van der Waals surface area (Å²) in [6.45, 7) is 3.74. The fourth-order valence-electron chi connectivity index (χ4n) is 2.85. The van der Waals surface area contributed by atoms with Gasteiger partial charge in [0.1, 0.15) is 0 Å². The fraction of sp³-hybridized carbons (Fsp3) is 0.923. The lowest BCUT2D eigenvalue weighted by molar-refractivity contribution is -0.127. The number of hydrogen-bond acceptors (Lipinski definition) is 3. The number of piperidine rings is 1. The van der Waals surface area contributed by atoms with Crippen LogP contribution in [0.25, 0.3) is 0 Å². The van der Waals surface area contributed by atoms with Gasteiger partial charge in [0.25, 0.3) is 6.43 Å². The van der Waals surface area contributed by atoms with E-state index in [1.54, 1.807) is 0 Å². The van der Waals surface area contributed by atoms with Crippen LogP contribution >= 0.6 is 0 Å². The first-order valence-electron chi connectivity index (χ1n) is 7.01. The summed E-state index contributed by atoms with van der Waals surface area (Å²) in [5.41, 5.74) is 0. The Hall–Kier alpha value is -0.750. The predicted molar refractivity (Wildman–Crippen MR) is 67.1 cm³/mol. The Morgan fingerprint density at radius 1 is 1.42 bits per heavy atom. The second-order valence-electron chi connectivity index (χ2n) is 5.46. The number of hydrogen-bond donors (Lipinski definition) is 1. The van der Waals surface area contributed by atoms with Crippen LogP contribution in [0.15, 0.2) is 0 Å². The van der Waals surface area contributed by atoms with E-state index in [1.165, 1.54) is 0 Å². The predicted octanol–water partition coefficient (Wildman–Crippen LogP) is 1.12. The van der Waals surface area contributed by atoms with Crippen LogP contribution in [0.2, 0.25) is 0 Å². The maximum Gasteiger partial charge on any atom is 0.255 e. The van der Waals surface area contributed by atoms with Crippen LogP contribution in [0.5, 0.6) is 0 Å². The second kappa shape index (κ2) is 7.14. The highest BCUT2D eigenvalue weighted by atomic mass is 19.3. The van der Waals surface area contributed by atoms with Gasteiger partial charge in [0, 0.05) is 19.7 Å². The molecular weight excluding hydrogens is 254 g/mol. The number of likely N-dealkylation sites (tertiary alicyclic amines) is 1. The van der Waals surface area contributed by atoms with Gasteiger partial charge in [-0.1, -0.05) is 0 Å². The van der Waals surface area contributed by atoms with E-state index in [1.807, 2.05) is 0 Å². The average Bonchev–Trinajstić information content (AvgIpc) is 2.89. The minimum absolute atomic E-state index is 0.144. The van der Waals surface area contributed by atoms with Crippen molar-refractivity contribution < 1.29 is 18.3 Å². The highest BCUT2D eigenvalue weighted by Crippen LogP contribution is 2.20. The van der Waals surface area contributed by atoms with E-state index in [-0.39, 0.29) is 11.8 Å². The van der Waals surface area contributed by atoms with E-state index in [2.05, 4.69) is 10.2 Å². The molecule has 0 radical (unpaired) electrons. The van der Waals surface area contributed by atoms with Crippen LogP contribution in [0.4, 0.5) is 8.78 Å². The minimum atomic E-state index is -2.47. The van der Waals surface area contributed by atoms with E-state index in [9.17, 15) is 13.6 Å². The molecule has 2 fully saturated rings. The zero-order valence-corrected chi connectivity index (χ0v) is 11.1. The van der Waals surface area contributed by atoms with Crippen LogP contribution in [-0.4, -0.2) is 56.6 Å². The number of rotatable bonds is 5. The summed E-state index contributed by atoms with van der Waals surface area (Å²) in [5.74, 6) is 0.186. The van der Waals surface area contributed by atoms with Crippen molar-refractivity contribution in [1.82, 2.24) is 10.2 Å². The maximum absolute atomic E-state index is 12.1. The Bertz CT molecular complexity index is 296. The fourth-order valence-corrected chi connectivity index (χ4v) is 2.85. The number of amides is 1. The Kier molecular flexibility index (Phi) is 5.51. The summed E-state index contributed by atoms with van der Waals surface area (Å²) in [5, 5.41) is 2.33. The summed E-state index contributed by atoms with van der Waals surface area (Å²) in [4.78, 5) is 14.1. The molecule has 4 nitrogen and oxygen atoms in total. The zero-order valence-electron chi connectivity index (χ0n) is 11.1. The summed E-state index contributed by atoms with van der Waals surface area (Å²) in [6.07, 6.45) is 0.366. The number of carbonyl (C=O) groups excluding carboxylic acids is 1. The molecule has 0 saturated carbocycles. The lowest BCUT2D eigenvalue weighted by Gasteiger charge is -2.33. The van der Waals surface area contributed by atoms with E-state index < -0.39 is 13.0 Å².